The molecule has 0 aliphatic rings. The molecule has 0 bridgehead atoms. The molecule has 1 nitrogen and oxygen atoms in total. The van der Waals surface area contributed by atoms with Crippen molar-refractivity contribution in [1.82, 2.24) is 0 Å². The van der Waals surface area contributed by atoms with E-state index in [1.807, 2.05) is 91.0 Å². The van der Waals surface area contributed by atoms with Crippen LogP contribution in [0.3, 0.4) is 0 Å². The summed E-state index contributed by atoms with van der Waals surface area (Å²) >= 11 is 0. The molecule has 0 heterocycles. The summed E-state index contributed by atoms with van der Waals surface area (Å²) < 4.78 is 0. The van der Waals surface area contributed by atoms with Crippen LogP contribution in [0.15, 0.2) is 91.0 Å². The summed E-state index contributed by atoms with van der Waals surface area (Å²) in [6, 6.07) is 29.6. The van der Waals surface area contributed by atoms with Crippen LogP contribution in [0, 0.1) is 20.8 Å². The van der Waals surface area contributed by atoms with E-state index in [0.29, 0.717) is 0 Å². The third-order valence-corrected chi connectivity index (χ3v) is 2.53. The predicted octanol–water partition coefficient (Wildman–Crippen LogP) is 6.22. The second kappa shape index (κ2) is 18.5. The van der Waals surface area contributed by atoms with E-state index in [0.717, 1.165) is 16.7 Å². The number of rotatable bonds is 0. The molecule has 0 saturated carbocycles. The van der Waals surface area contributed by atoms with E-state index in [4.69, 9.17) is 0 Å². The van der Waals surface area contributed by atoms with Gasteiger partial charge in [0.15, 0.2) is 0 Å². The minimum absolute atomic E-state index is 0. The van der Waals surface area contributed by atoms with Gasteiger partial charge in [-0.05, 0) is 0 Å². The predicted molar refractivity (Wildman–Crippen MR) is 108 cm³/mol. The summed E-state index contributed by atoms with van der Waals surface area (Å²) in [5.74, 6) is 0. The quantitative estimate of drug-likeness (QED) is 0.392. The summed E-state index contributed by atoms with van der Waals surface area (Å²) in [4.78, 5) is 0. The largest absolute Gasteiger partial charge is 4.00 e. The minimum Gasteiger partial charge on any atom is -0.668 e. The zero-order valence-electron chi connectivity index (χ0n) is 15.2. The van der Waals surface area contributed by atoms with Crippen molar-refractivity contribution in [2.24, 2.45) is 0 Å². The maximum atomic E-state index is 3.72. The zero-order chi connectivity index (χ0) is 18.0. The van der Waals surface area contributed by atoms with Crippen molar-refractivity contribution in [2.45, 2.75) is 0 Å². The third kappa shape index (κ3) is 18.3. The van der Waals surface area contributed by atoms with Crippen LogP contribution in [0.4, 0.5) is 0 Å². The van der Waals surface area contributed by atoms with Crippen molar-refractivity contribution in [3.05, 3.63) is 134 Å². The molecule has 3 aromatic carbocycles. The standard InChI is InChI=1S/3C7H7.C2H6N.Zr/c3*1-7-5-3-2-4-6-7;1-3-2;/h3*2-6H,1H2;1-2H3;/q4*-1;+4. The van der Waals surface area contributed by atoms with Gasteiger partial charge in [0, 0.05) is 0 Å². The maximum absolute atomic E-state index is 3.72. The SMILES string of the molecule is C[N-]C.[CH2-]c1ccccc1.[CH2-]c1ccccc1.[CH2-]c1ccccc1.[Zr+4]. The van der Waals surface area contributed by atoms with Crippen LogP contribution < -0.4 is 0 Å². The Morgan fingerprint density at radius 3 is 0.720 bits per heavy atom. The molecule has 128 valence electrons. The van der Waals surface area contributed by atoms with Gasteiger partial charge in [0.2, 0.25) is 0 Å². The van der Waals surface area contributed by atoms with Crippen LogP contribution in [0.1, 0.15) is 16.7 Å². The normalized spacial score (nSPS) is 7.92. The molecular weight excluding hydrogens is 381 g/mol. The fourth-order valence-electron chi connectivity index (χ4n) is 1.43. The minimum atomic E-state index is 0. The van der Waals surface area contributed by atoms with Gasteiger partial charge in [-0.1, -0.05) is 18.2 Å². The van der Waals surface area contributed by atoms with Gasteiger partial charge < -0.3 is 5.32 Å². The van der Waals surface area contributed by atoms with E-state index in [1.165, 1.54) is 0 Å². The Bertz CT molecular complexity index is 506. The summed E-state index contributed by atoms with van der Waals surface area (Å²) in [7, 11) is 3.50. The van der Waals surface area contributed by atoms with Gasteiger partial charge in [-0.2, -0.15) is 88.0 Å². The van der Waals surface area contributed by atoms with Crippen LogP contribution >= 0.6 is 0 Å². The molecule has 0 atom stereocenters. The van der Waals surface area contributed by atoms with Crippen LogP contribution in [-0.4, -0.2) is 14.1 Å². The molecule has 0 aliphatic heterocycles. The molecule has 0 aromatic heterocycles. The zero-order valence-corrected chi connectivity index (χ0v) is 17.7. The molecule has 0 unspecified atom stereocenters. The molecule has 2 heteroatoms. The molecular formula is C23H27NZr. The number of nitrogens with zero attached hydrogens (tertiary/aromatic N) is 1. The molecule has 25 heavy (non-hydrogen) atoms. The summed E-state index contributed by atoms with van der Waals surface area (Å²) in [5, 5.41) is 3.50. The van der Waals surface area contributed by atoms with Crippen LogP contribution in [0.5, 0.6) is 0 Å². The van der Waals surface area contributed by atoms with Crippen molar-refractivity contribution in [2.75, 3.05) is 14.1 Å². The smallest absolute Gasteiger partial charge is 0.668 e. The number of hydrogen-bond donors (Lipinski definition) is 0. The number of hydrogen-bond acceptors (Lipinski definition) is 0. The van der Waals surface area contributed by atoms with Gasteiger partial charge in [0.05, 0.1) is 0 Å². The Balaban J connectivity index is 0. The third-order valence-electron chi connectivity index (χ3n) is 2.53. The van der Waals surface area contributed by atoms with Gasteiger partial charge in [0.25, 0.3) is 0 Å². The Morgan fingerprint density at radius 2 is 0.640 bits per heavy atom. The Kier molecular flexibility index (Phi) is 18.7. The van der Waals surface area contributed by atoms with Crippen molar-refractivity contribution in [1.29, 1.82) is 0 Å². The molecule has 0 radical (unpaired) electrons. The Labute approximate surface area is 173 Å². The summed E-state index contributed by atoms with van der Waals surface area (Å²) in [6.07, 6.45) is 0. The topological polar surface area (TPSA) is 14.1 Å². The van der Waals surface area contributed by atoms with E-state index in [1.54, 1.807) is 14.1 Å². The summed E-state index contributed by atoms with van der Waals surface area (Å²) in [6.45, 7) is 11.2. The number of benzene rings is 3. The van der Waals surface area contributed by atoms with Crippen molar-refractivity contribution < 1.29 is 26.2 Å². The monoisotopic (exact) mass is 407 g/mol. The first kappa shape index (κ1) is 25.4. The van der Waals surface area contributed by atoms with Gasteiger partial charge in [-0.25, -0.2) is 0 Å². The molecule has 0 amide bonds. The van der Waals surface area contributed by atoms with E-state index in [9.17, 15) is 0 Å². The Hall–Kier alpha value is -1.89. The van der Waals surface area contributed by atoms with E-state index >= 15 is 0 Å². The second-order valence-electron chi connectivity index (χ2n) is 4.90. The van der Waals surface area contributed by atoms with E-state index in [2.05, 4.69) is 26.1 Å². The average Bonchev–Trinajstić information content (AvgIpc) is 2.59. The average molecular weight is 409 g/mol. The van der Waals surface area contributed by atoms with E-state index < -0.39 is 0 Å². The molecule has 0 spiro atoms. The fraction of sp³-hybridized carbons (Fsp3) is 0.0870. The first-order valence-electron chi connectivity index (χ1n) is 7.69. The molecule has 0 N–H and O–H groups in total. The van der Waals surface area contributed by atoms with Crippen LogP contribution in [0.25, 0.3) is 5.32 Å². The fourth-order valence-corrected chi connectivity index (χ4v) is 1.43. The first-order valence-corrected chi connectivity index (χ1v) is 7.69. The van der Waals surface area contributed by atoms with Crippen molar-refractivity contribution in [3.63, 3.8) is 0 Å². The van der Waals surface area contributed by atoms with Crippen molar-refractivity contribution in [3.8, 4) is 0 Å². The molecule has 3 rings (SSSR count). The van der Waals surface area contributed by atoms with Gasteiger partial charge in [-0.15, -0.1) is 36.4 Å². The van der Waals surface area contributed by atoms with Gasteiger partial charge >= 0.3 is 26.2 Å². The van der Waals surface area contributed by atoms with Gasteiger partial charge in [0.1, 0.15) is 0 Å². The summed E-state index contributed by atoms with van der Waals surface area (Å²) in [5.41, 5.74) is 3.22. The molecule has 3 aromatic rings. The maximum Gasteiger partial charge on any atom is 4.00 e. The van der Waals surface area contributed by atoms with Gasteiger partial charge in [-0.3, -0.25) is 0 Å². The Morgan fingerprint density at radius 1 is 0.480 bits per heavy atom. The van der Waals surface area contributed by atoms with Crippen molar-refractivity contribution >= 4 is 0 Å². The molecule has 0 fully saturated rings. The van der Waals surface area contributed by atoms with Crippen LogP contribution in [0.2, 0.25) is 0 Å². The van der Waals surface area contributed by atoms with Crippen LogP contribution in [-0.2, 0) is 26.2 Å². The molecule has 0 aliphatic carbocycles. The molecule has 0 saturated heterocycles. The van der Waals surface area contributed by atoms with E-state index in [-0.39, 0.29) is 26.2 Å². The first-order chi connectivity index (χ1) is 11.6. The second-order valence-corrected chi connectivity index (χ2v) is 4.90.